The summed E-state index contributed by atoms with van der Waals surface area (Å²) in [6.45, 7) is 4.08. The number of anilines is 1. The highest BCUT2D eigenvalue weighted by Gasteiger charge is 2.11. The van der Waals surface area contributed by atoms with E-state index < -0.39 is 5.97 Å². The zero-order chi connectivity index (χ0) is 16.1. The van der Waals surface area contributed by atoms with Gasteiger partial charge in [-0.25, -0.2) is 4.79 Å². The molecule has 0 atom stereocenters. The van der Waals surface area contributed by atoms with Gasteiger partial charge in [-0.3, -0.25) is 4.79 Å². The van der Waals surface area contributed by atoms with Crippen molar-refractivity contribution in [2.45, 2.75) is 20.3 Å². The molecule has 0 aliphatic rings. The van der Waals surface area contributed by atoms with Crippen molar-refractivity contribution < 1.29 is 14.7 Å². The number of hydrogen-bond acceptors (Lipinski definition) is 3. The van der Waals surface area contributed by atoms with E-state index in [0.717, 1.165) is 23.6 Å². The molecule has 5 heteroatoms. The molecule has 1 heterocycles. The van der Waals surface area contributed by atoms with Gasteiger partial charge >= 0.3 is 5.97 Å². The molecular formula is C17H17NO3S. The van der Waals surface area contributed by atoms with Gasteiger partial charge in [0.1, 0.15) is 0 Å². The van der Waals surface area contributed by atoms with Crippen molar-refractivity contribution in [1.29, 1.82) is 0 Å². The quantitative estimate of drug-likeness (QED) is 0.820. The fourth-order valence-electron chi connectivity index (χ4n) is 2.02. The molecule has 2 aromatic rings. The standard InChI is InChI=1S/C17H17NO3S/c1-3-14-11(2)10-15(22-14)17(21)18-13-7-4-12(5-8-13)6-9-16(19)20/h4-10H,3H2,1-2H3,(H,18,21)(H,19,20)/b9-6+. The van der Waals surface area contributed by atoms with Crippen molar-refractivity contribution in [3.8, 4) is 0 Å². The van der Waals surface area contributed by atoms with Crippen molar-refractivity contribution in [2.24, 2.45) is 0 Å². The minimum Gasteiger partial charge on any atom is -0.478 e. The molecule has 0 spiro atoms. The Kier molecular flexibility index (Phi) is 5.12. The number of hydrogen-bond donors (Lipinski definition) is 2. The molecule has 0 unspecified atom stereocenters. The normalized spacial score (nSPS) is 10.8. The molecule has 0 saturated carbocycles. The van der Waals surface area contributed by atoms with Crippen molar-refractivity contribution in [1.82, 2.24) is 0 Å². The molecule has 2 rings (SSSR count). The maximum absolute atomic E-state index is 12.2. The van der Waals surface area contributed by atoms with Crippen LogP contribution in [0.4, 0.5) is 5.69 Å². The van der Waals surface area contributed by atoms with Crippen LogP contribution in [-0.4, -0.2) is 17.0 Å². The molecule has 0 fully saturated rings. The summed E-state index contributed by atoms with van der Waals surface area (Å²) in [7, 11) is 0. The van der Waals surface area contributed by atoms with Crippen molar-refractivity contribution >= 4 is 35.0 Å². The lowest BCUT2D eigenvalue weighted by Gasteiger charge is -2.03. The van der Waals surface area contributed by atoms with Crippen LogP contribution in [0.2, 0.25) is 0 Å². The van der Waals surface area contributed by atoms with Crippen molar-refractivity contribution in [2.75, 3.05) is 5.32 Å². The summed E-state index contributed by atoms with van der Waals surface area (Å²) >= 11 is 1.51. The zero-order valence-electron chi connectivity index (χ0n) is 12.4. The number of amides is 1. The van der Waals surface area contributed by atoms with Gasteiger partial charge in [0.25, 0.3) is 5.91 Å². The first-order valence-electron chi connectivity index (χ1n) is 6.91. The highest BCUT2D eigenvalue weighted by atomic mass is 32.1. The van der Waals surface area contributed by atoms with Crippen LogP contribution in [0.3, 0.4) is 0 Å². The lowest BCUT2D eigenvalue weighted by atomic mass is 10.2. The third-order valence-electron chi connectivity index (χ3n) is 3.15. The minimum absolute atomic E-state index is 0.123. The van der Waals surface area contributed by atoms with Gasteiger partial charge in [0, 0.05) is 16.6 Å². The predicted octanol–water partition coefficient (Wildman–Crippen LogP) is 3.97. The first-order valence-corrected chi connectivity index (χ1v) is 7.73. The molecule has 0 aliphatic carbocycles. The molecule has 0 aliphatic heterocycles. The van der Waals surface area contributed by atoms with Crippen LogP contribution in [0.5, 0.6) is 0 Å². The van der Waals surface area contributed by atoms with Gasteiger partial charge < -0.3 is 10.4 Å². The highest BCUT2D eigenvalue weighted by Crippen LogP contribution is 2.23. The number of benzene rings is 1. The maximum atomic E-state index is 12.2. The van der Waals surface area contributed by atoms with Crippen LogP contribution < -0.4 is 5.32 Å². The Labute approximate surface area is 133 Å². The first kappa shape index (κ1) is 16.0. The molecule has 0 bridgehead atoms. The lowest BCUT2D eigenvalue weighted by molar-refractivity contribution is -0.131. The number of aryl methyl sites for hydroxylation is 2. The van der Waals surface area contributed by atoms with Gasteiger partial charge in [0.2, 0.25) is 0 Å². The fourth-order valence-corrected chi connectivity index (χ4v) is 3.03. The largest absolute Gasteiger partial charge is 0.478 e. The molecule has 114 valence electrons. The molecule has 0 saturated heterocycles. The van der Waals surface area contributed by atoms with Crippen molar-refractivity contribution in [3.63, 3.8) is 0 Å². The molecule has 4 nitrogen and oxygen atoms in total. The molecule has 1 amide bonds. The van der Waals surface area contributed by atoms with Crippen LogP contribution in [0.15, 0.2) is 36.4 Å². The van der Waals surface area contributed by atoms with Gasteiger partial charge in [0.05, 0.1) is 4.88 Å². The van der Waals surface area contributed by atoms with Crippen LogP contribution in [-0.2, 0) is 11.2 Å². The Morgan fingerprint density at radius 1 is 1.27 bits per heavy atom. The second-order valence-corrected chi connectivity index (χ2v) is 5.95. The summed E-state index contributed by atoms with van der Waals surface area (Å²) in [5, 5.41) is 11.4. The predicted molar refractivity (Wildman–Crippen MR) is 89.5 cm³/mol. The Bertz CT molecular complexity index is 714. The number of rotatable bonds is 5. The van der Waals surface area contributed by atoms with E-state index in [1.165, 1.54) is 22.3 Å². The second kappa shape index (κ2) is 7.04. The Balaban J connectivity index is 2.06. The minimum atomic E-state index is -0.989. The van der Waals surface area contributed by atoms with E-state index in [4.69, 9.17) is 5.11 Å². The number of aliphatic carboxylic acids is 1. The average Bonchev–Trinajstić information content (AvgIpc) is 2.87. The Morgan fingerprint density at radius 3 is 2.50 bits per heavy atom. The summed E-state index contributed by atoms with van der Waals surface area (Å²) in [5.74, 6) is -1.11. The summed E-state index contributed by atoms with van der Waals surface area (Å²) in [6, 6.07) is 8.92. The van der Waals surface area contributed by atoms with Gasteiger partial charge in [-0.15, -0.1) is 11.3 Å². The van der Waals surface area contributed by atoms with Crippen LogP contribution in [0.25, 0.3) is 6.08 Å². The monoisotopic (exact) mass is 315 g/mol. The van der Waals surface area contributed by atoms with Crippen LogP contribution in [0, 0.1) is 6.92 Å². The highest BCUT2D eigenvalue weighted by molar-refractivity contribution is 7.14. The third kappa shape index (κ3) is 4.05. The first-order chi connectivity index (χ1) is 10.5. The Morgan fingerprint density at radius 2 is 1.95 bits per heavy atom. The van der Waals surface area contributed by atoms with Gasteiger partial charge in [-0.1, -0.05) is 19.1 Å². The molecule has 1 aromatic carbocycles. The molecular weight excluding hydrogens is 298 g/mol. The molecule has 22 heavy (non-hydrogen) atoms. The van der Waals surface area contributed by atoms with Crippen LogP contribution >= 0.6 is 11.3 Å². The fraction of sp³-hybridized carbons (Fsp3) is 0.176. The van der Waals surface area contributed by atoms with E-state index in [2.05, 4.69) is 12.2 Å². The summed E-state index contributed by atoms with van der Waals surface area (Å²) < 4.78 is 0. The van der Waals surface area contributed by atoms with E-state index in [0.29, 0.717) is 10.6 Å². The van der Waals surface area contributed by atoms with Crippen molar-refractivity contribution in [3.05, 3.63) is 57.3 Å². The molecule has 2 N–H and O–H groups in total. The summed E-state index contributed by atoms with van der Waals surface area (Å²) in [5.41, 5.74) is 2.59. The SMILES string of the molecule is CCc1sc(C(=O)Nc2ccc(/C=C/C(=O)O)cc2)cc1C. The maximum Gasteiger partial charge on any atom is 0.328 e. The van der Waals surface area contributed by atoms with Gasteiger partial charge in [0.15, 0.2) is 0 Å². The molecule has 0 radical (unpaired) electrons. The number of carboxylic acids is 1. The van der Waals surface area contributed by atoms with E-state index in [-0.39, 0.29) is 5.91 Å². The second-order valence-electron chi connectivity index (χ2n) is 4.82. The zero-order valence-corrected chi connectivity index (χ0v) is 13.2. The number of thiophene rings is 1. The number of carbonyl (C=O) groups is 2. The van der Waals surface area contributed by atoms with E-state index in [9.17, 15) is 9.59 Å². The topological polar surface area (TPSA) is 66.4 Å². The number of nitrogens with one attached hydrogen (secondary N) is 1. The number of carbonyl (C=O) groups excluding carboxylic acids is 1. The third-order valence-corrected chi connectivity index (χ3v) is 4.53. The summed E-state index contributed by atoms with van der Waals surface area (Å²) in [4.78, 5) is 24.6. The van der Waals surface area contributed by atoms with E-state index in [1.54, 1.807) is 24.3 Å². The van der Waals surface area contributed by atoms with Crippen LogP contribution in [0.1, 0.15) is 32.6 Å². The molecule has 1 aromatic heterocycles. The van der Waals surface area contributed by atoms with E-state index >= 15 is 0 Å². The summed E-state index contributed by atoms with van der Waals surface area (Å²) in [6.07, 6.45) is 3.51. The average molecular weight is 315 g/mol. The Hall–Kier alpha value is -2.40. The number of carboxylic acid groups (broad SMARTS) is 1. The van der Waals surface area contributed by atoms with Gasteiger partial charge in [-0.2, -0.15) is 0 Å². The smallest absolute Gasteiger partial charge is 0.328 e. The van der Waals surface area contributed by atoms with E-state index in [1.807, 2.05) is 13.0 Å². The van der Waals surface area contributed by atoms with Gasteiger partial charge in [-0.05, 0) is 48.7 Å². The lowest BCUT2D eigenvalue weighted by Crippen LogP contribution is -2.09.